The van der Waals surface area contributed by atoms with Gasteiger partial charge in [0.15, 0.2) is 0 Å². The minimum absolute atomic E-state index is 0.241. The van der Waals surface area contributed by atoms with Crippen LogP contribution in [0.2, 0.25) is 0 Å². The van der Waals surface area contributed by atoms with Crippen molar-refractivity contribution in [3.63, 3.8) is 0 Å². The minimum Gasteiger partial charge on any atom is -0.366 e. The van der Waals surface area contributed by atoms with Crippen LogP contribution >= 0.6 is 0 Å². The Kier molecular flexibility index (Phi) is 3.21. The third-order valence-corrected chi connectivity index (χ3v) is 0.987. The van der Waals surface area contributed by atoms with Crippen LogP contribution in [0.25, 0.3) is 0 Å². The lowest BCUT2D eigenvalue weighted by Crippen LogP contribution is -2.14. The molecule has 0 aromatic heterocycles. The summed E-state index contributed by atoms with van der Waals surface area (Å²) in [5.74, 6) is 0.296. The lowest BCUT2D eigenvalue weighted by atomic mass is 10.1. The topological polar surface area (TPSA) is 33.0 Å². The molecular weight excluding hydrogens is 102 g/mol. The molecule has 8 heavy (non-hydrogen) atoms. The van der Waals surface area contributed by atoms with Gasteiger partial charge in [0.25, 0.3) is 0 Å². The Morgan fingerprint density at radius 1 is 1.50 bits per heavy atom. The Labute approximate surface area is 50.1 Å². The number of rotatable bonds is 2. The lowest BCUT2D eigenvalue weighted by Gasteiger charge is -2.08. The highest BCUT2D eigenvalue weighted by Gasteiger charge is 2.08. The molecule has 46 valence electrons. The van der Waals surface area contributed by atoms with Crippen LogP contribution in [0, 0.1) is 17.2 Å². The van der Waals surface area contributed by atoms with E-state index in [0.29, 0.717) is 5.92 Å². The normalized spacial score (nSPS) is 13.4. The van der Waals surface area contributed by atoms with Crippen LogP contribution in [0.15, 0.2) is 0 Å². The molecule has 0 saturated carbocycles. The van der Waals surface area contributed by atoms with Crippen LogP contribution in [0.3, 0.4) is 0 Å². The average Bonchev–Trinajstić information content (AvgIpc) is 1.69. The molecule has 0 rings (SSSR count). The molecule has 0 fully saturated rings. The Morgan fingerprint density at radius 2 is 2.00 bits per heavy atom. The fraction of sp³-hybridized carbons (Fsp3) is 0.833. The zero-order valence-electron chi connectivity index (χ0n) is 5.51. The van der Waals surface area contributed by atoms with Crippen molar-refractivity contribution in [3.05, 3.63) is 0 Å². The molecule has 0 spiro atoms. The van der Waals surface area contributed by atoms with Crippen molar-refractivity contribution < 1.29 is 4.74 Å². The minimum atomic E-state index is -0.241. The first-order valence-electron chi connectivity index (χ1n) is 2.64. The van der Waals surface area contributed by atoms with Gasteiger partial charge in [0.2, 0.25) is 0 Å². The first-order valence-corrected chi connectivity index (χ1v) is 2.64. The van der Waals surface area contributed by atoms with E-state index in [9.17, 15) is 0 Å². The third kappa shape index (κ3) is 1.94. The third-order valence-electron chi connectivity index (χ3n) is 0.987. The summed E-state index contributed by atoms with van der Waals surface area (Å²) in [6.07, 6.45) is -0.241. The molecule has 0 aliphatic rings. The molecule has 2 nitrogen and oxygen atoms in total. The molecular formula is C6H11NO. The molecule has 0 heterocycles. The van der Waals surface area contributed by atoms with Gasteiger partial charge in [-0.3, -0.25) is 0 Å². The summed E-state index contributed by atoms with van der Waals surface area (Å²) >= 11 is 0. The summed E-state index contributed by atoms with van der Waals surface area (Å²) in [4.78, 5) is 0. The van der Waals surface area contributed by atoms with E-state index in [0.717, 1.165) is 0 Å². The molecule has 0 aromatic carbocycles. The summed E-state index contributed by atoms with van der Waals surface area (Å²) in [5.41, 5.74) is 0. The number of nitriles is 1. The highest BCUT2D eigenvalue weighted by Crippen LogP contribution is 2.02. The molecule has 2 heteroatoms. The van der Waals surface area contributed by atoms with Crippen molar-refractivity contribution in [2.75, 3.05) is 7.11 Å². The van der Waals surface area contributed by atoms with Crippen LogP contribution < -0.4 is 0 Å². The lowest BCUT2D eigenvalue weighted by molar-refractivity contribution is 0.109. The highest BCUT2D eigenvalue weighted by molar-refractivity contribution is 4.85. The van der Waals surface area contributed by atoms with Gasteiger partial charge in [-0.15, -0.1) is 0 Å². The van der Waals surface area contributed by atoms with Crippen molar-refractivity contribution in [2.45, 2.75) is 20.0 Å². The summed E-state index contributed by atoms with van der Waals surface area (Å²) in [5, 5.41) is 8.32. The van der Waals surface area contributed by atoms with Gasteiger partial charge in [-0.2, -0.15) is 5.26 Å². The van der Waals surface area contributed by atoms with Gasteiger partial charge in [0, 0.05) is 7.11 Å². The molecule has 0 aromatic rings. The van der Waals surface area contributed by atoms with E-state index < -0.39 is 0 Å². The number of nitrogens with zero attached hydrogens (tertiary/aromatic N) is 1. The van der Waals surface area contributed by atoms with Gasteiger partial charge in [-0.05, 0) is 5.92 Å². The second-order valence-electron chi connectivity index (χ2n) is 2.03. The van der Waals surface area contributed by atoms with Crippen molar-refractivity contribution in [1.29, 1.82) is 5.26 Å². The predicted octanol–water partition coefficient (Wildman–Crippen LogP) is 1.18. The van der Waals surface area contributed by atoms with Gasteiger partial charge in [0.1, 0.15) is 6.10 Å². The van der Waals surface area contributed by atoms with E-state index >= 15 is 0 Å². The Balaban J connectivity index is 3.57. The molecule has 1 atom stereocenters. The van der Waals surface area contributed by atoms with Gasteiger partial charge >= 0.3 is 0 Å². The summed E-state index contributed by atoms with van der Waals surface area (Å²) in [6.45, 7) is 3.91. The maximum Gasteiger partial charge on any atom is 0.145 e. The number of methoxy groups -OCH3 is 1. The molecule has 0 amide bonds. The van der Waals surface area contributed by atoms with Crippen LogP contribution in [0.5, 0.6) is 0 Å². The Morgan fingerprint density at radius 3 is 2.00 bits per heavy atom. The van der Waals surface area contributed by atoms with E-state index in [1.54, 1.807) is 7.11 Å². The van der Waals surface area contributed by atoms with Crippen molar-refractivity contribution in [2.24, 2.45) is 5.92 Å². The van der Waals surface area contributed by atoms with Crippen molar-refractivity contribution in [1.82, 2.24) is 0 Å². The number of ether oxygens (including phenoxy) is 1. The summed E-state index contributed by atoms with van der Waals surface area (Å²) in [6, 6.07) is 2.03. The second kappa shape index (κ2) is 3.45. The van der Waals surface area contributed by atoms with E-state index in [2.05, 4.69) is 0 Å². The van der Waals surface area contributed by atoms with Crippen LogP contribution in [0.1, 0.15) is 13.8 Å². The summed E-state index contributed by atoms with van der Waals surface area (Å²) in [7, 11) is 1.55. The molecule has 0 aliphatic heterocycles. The van der Waals surface area contributed by atoms with E-state index in [4.69, 9.17) is 10.00 Å². The van der Waals surface area contributed by atoms with Gasteiger partial charge in [0.05, 0.1) is 6.07 Å². The number of hydrogen-bond donors (Lipinski definition) is 0. The van der Waals surface area contributed by atoms with Gasteiger partial charge < -0.3 is 4.74 Å². The average molecular weight is 113 g/mol. The van der Waals surface area contributed by atoms with Crippen LogP contribution in [-0.4, -0.2) is 13.2 Å². The van der Waals surface area contributed by atoms with Crippen LogP contribution in [0.4, 0.5) is 0 Å². The van der Waals surface area contributed by atoms with E-state index in [-0.39, 0.29) is 6.10 Å². The second-order valence-corrected chi connectivity index (χ2v) is 2.03. The largest absolute Gasteiger partial charge is 0.366 e. The fourth-order valence-electron chi connectivity index (χ4n) is 0.474. The molecule has 0 bridgehead atoms. The smallest absolute Gasteiger partial charge is 0.145 e. The zero-order chi connectivity index (χ0) is 6.57. The first-order chi connectivity index (χ1) is 3.72. The van der Waals surface area contributed by atoms with E-state index in [1.807, 2.05) is 19.9 Å². The standard InChI is InChI=1S/C6H11NO/c1-5(2)6(4-7)8-3/h5-6H,1-3H3/t6-/m0/s1. The number of hydrogen-bond acceptors (Lipinski definition) is 2. The van der Waals surface area contributed by atoms with Gasteiger partial charge in [-0.1, -0.05) is 13.8 Å². The van der Waals surface area contributed by atoms with Crippen molar-refractivity contribution >= 4 is 0 Å². The first kappa shape index (κ1) is 7.45. The maximum absolute atomic E-state index is 8.32. The van der Waals surface area contributed by atoms with E-state index in [1.165, 1.54) is 0 Å². The quantitative estimate of drug-likeness (QED) is 0.538. The molecule has 0 radical (unpaired) electrons. The zero-order valence-corrected chi connectivity index (χ0v) is 5.51. The Bertz CT molecular complexity index is 93.2. The predicted molar refractivity (Wildman–Crippen MR) is 31.2 cm³/mol. The van der Waals surface area contributed by atoms with Gasteiger partial charge in [-0.25, -0.2) is 0 Å². The molecule has 0 unspecified atom stereocenters. The van der Waals surface area contributed by atoms with Crippen LogP contribution in [-0.2, 0) is 4.74 Å². The fourth-order valence-corrected chi connectivity index (χ4v) is 0.474. The molecule has 0 aliphatic carbocycles. The summed E-state index contributed by atoms with van der Waals surface area (Å²) < 4.78 is 4.80. The maximum atomic E-state index is 8.32. The SMILES string of the molecule is CO[C@@H](C#N)C(C)C. The molecule has 0 N–H and O–H groups in total. The highest BCUT2D eigenvalue weighted by atomic mass is 16.5. The molecule has 0 saturated heterocycles. The van der Waals surface area contributed by atoms with Crippen molar-refractivity contribution in [3.8, 4) is 6.07 Å². The Hall–Kier alpha value is -0.550. The monoisotopic (exact) mass is 113 g/mol.